The Morgan fingerprint density at radius 1 is 1.19 bits per heavy atom. The van der Waals surface area contributed by atoms with Crippen LogP contribution in [0, 0.1) is 0 Å². The summed E-state index contributed by atoms with van der Waals surface area (Å²) >= 11 is 0. The molecule has 0 bridgehead atoms. The number of alkyl halides is 3. The molecular weight excluding hydrogens is 309 g/mol. The highest BCUT2D eigenvalue weighted by molar-refractivity contribution is 7.91. The van der Waals surface area contributed by atoms with E-state index in [2.05, 4.69) is 0 Å². The van der Waals surface area contributed by atoms with E-state index < -0.39 is 26.8 Å². The molecule has 0 saturated heterocycles. The molecule has 0 amide bonds. The summed E-state index contributed by atoms with van der Waals surface area (Å²) in [5.41, 5.74) is -0.521. The molecule has 0 aliphatic rings. The van der Waals surface area contributed by atoms with E-state index >= 15 is 0 Å². The highest BCUT2D eigenvalue weighted by Crippen LogP contribution is 2.31. The third-order valence-corrected chi connectivity index (χ3v) is 5.08. The second-order valence-electron chi connectivity index (χ2n) is 4.46. The van der Waals surface area contributed by atoms with Crippen molar-refractivity contribution in [2.75, 3.05) is 25.6 Å². The predicted octanol–water partition coefficient (Wildman–Crippen LogP) is 2.19. The van der Waals surface area contributed by atoms with Gasteiger partial charge in [-0.05, 0) is 24.6 Å². The van der Waals surface area contributed by atoms with E-state index in [-0.39, 0.29) is 25.6 Å². The number of halogens is 3. The van der Waals surface area contributed by atoms with Crippen molar-refractivity contribution in [3.8, 4) is 0 Å². The fourth-order valence-corrected chi connectivity index (χ4v) is 2.94. The Bertz CT molecular complexity index is 538. The standard InChI is InChI=1S/C13H17F3O4S/c1-10(21(18,19)9-8-20-7-6-17)11-2-4-12(5-3-11)13(14,15)16/h2-5,10,17H,6-9H2,1H3. The van der Waals surface area contributed by atoms with Crippen molar-refractivity contribution in [2.45, 2.75) is 18.3 Å². The van der Waals surface area contributed by atoms with Crippen LogP contribution in [0.5, 0.6) is 0 Å². The Balaban J connectivity index is 2.76. The summed E-state index contributed by atoms with van der Waals surface area (Å²) in [6.45, 7) is 1.20. The minimum Gasteiger partial charge on any atom is -0.394 e. The predicted molar refractivity (Wildman–Crippen MR) is 71.6 cm³/mol. The van der Waals surface area contributed by atoms with E-state index in [4.69, 9.17) is 9.84 Å². The number of sulfone groups is 1. The maximum atomic E-state index is 12.4. The highest BCUT2D eigenvalue weighted by atomic mass is 32.2. The van der Waals surface area contributed by atoms with E-state index in [1.165, 1.54) is 19.1 Å². The van der Waals surface area contributed by atoms with Crippen LogP contribution < -0.4 is 0 Å². The molecule has 0 fully saturated rings. The van der Waals surface area contributed by atoms with E-state index in [0.717, 1.165) is 12.1 Å². The lowest BCUT2D eigenvalue weighted by atomic mass is 10.1. The molecule has 1 unspecified atom stereocenters. The van der Waals surface area contributed by atoms with Gasteiger partial charge in [0.15, 0.2) is 9.84 Å². The van der Waals surface area contributed by atoms with Gasteiger partial charge in [-0.1, -0.05) is 12.1 Å². The van der Waals surface area contributed by atoms with Crippen molar-refractivity contribution in [1.82, 2.24) is 0 Å². The highest BCUT2D eigenvalue weighted by Gasteiger charge is 2.31. The quantitative estimate of drug-likeness (QED) is 0.780. The topological polar surface area (TPSA) is 63.6 Å². The van der Waals surface area contributed by atoms with Crippen LogP contribution in [0.2, 0.25) is 0 Å². The normalized spacial score (nSPS) is 14.1. The van der Waals surface area contributed by atoms with E-state index in [1.807, 2.05) is 0 Å². The largest absolute Gasteiger partial charge is 0.416 e. The SMILES string of the molecule is CC(c1ccc(C(F)(F)F)cc1)S(=O)(=O)CCOCCO. The molecule has 1 atom stereocenters. The Morgan fingerprint density at radius 3 is 2.24 bits per heavy atom. The van der Waals surface area contributed by atoms with Gasteiger partial charge < -0.3 is 9.84 Å². The maximum absolute atomic E-state index is 12.4. The third kappa shape index (κ3) is 5.29. The molecular formula is C13H17F3O4S. The smallest absolute Gasteiger partial charge is 0.394 e. The Labute approximate surface area is 121 Å². The van der Waals surface area contributed by atoms with Crippen molar-refractivity contribution in [1.29, 1.82) is 0 Å². The van der Waals surface area contributed by atoms with Gasteiger partial charge >= 0.3 is 6.18 Å². The van der Waals surface area contributed by atoms with Crippen LogP contribution in [0.1, 0.15) is 23.3 Å². The number of ether oxygens (including phenoxy) is 1. The first-order valence-corrected chi connectivity index (χ1v) is 7.97. The van der Waals surface area contributed by atoms with Crippen LogP contribution in [0.25, 0.3) is 0 Å². The van der Waals surface area contributed by atoms with Crippen molar-refractivity contribution in [3.05, 3.63) is 35.4 Å². The van der Waals surface area contributed by atoms with E-state index in [1.54, 1.807) is 0 Å². The number of aliphatic hydroxyl groups is 1. The van der Waals surface area contributed by atoms with Gasteiger partial charge in [0.1, 0.15) is 0 Å². The monoisotopic (exact) mass is 326 g/mol. The third-order valence-electron chi connectivity index (χ3n) is 2.99. The Hall–Kier alpha value is -1.12. The summed E-state index contributed by atoms with van der Waals surface area (Å²) in [6.07, 6.45) is -4.45. The molecule has 1 aromatic carbocycles. The molecule has 4 nitrogen and oxygen atoms in total. The molecule has 1 rings (SSSR count). The summed E-state index contributed by atoms with van der Waals surface area (Å²) in [6, 6.07) is 4.06. The lowest BCUT2D eigenvalue weighted by Crippen LogP contribution is -2.19. The van der Waals surface area contributed by atoms with Gasteiger partial charge in [-0.25, -0.2) is 8.42 Å². The van der Waals surface area contributed by atoms with E-state index in [0.29, 0.717) is 5.56 Å². The average Bonchev–Trinajstić information content (AvgIpc) is 2.42. The molecule has 0 spiro atoms. The van der Waals surface area contributed by atoms with Crippen LogP contribution >= 0.6 is 0 Å². The molecule has 1 aromatic rings. The molecule has 0 aromatic heterocycles. The second kappa shape index (κ2) is 7.24. The summed E-state index contributed by atoms with van der Waals surface area (Å²) in [5.74, 6) is -0.255. The number of aliphatic hydroxyl groups excluding tert-OH is 1. The number of hydrogen-bond donors (Lipinski definition) is 1. The Kier molecular flexibility index (Phi) is 6.18. The van der Waals surface area contributed by atoms with Crippen LogP contribution in [0.3, 0.4) is 0 Å². The number of benzene rings is 1. The van der Waals surface area contributed by atoms with E-state index in [9.17, 15) is 21.6 Å². The zero-order valence-electron chi connectivity index (χ0n) is 11.4. The van der Waals surface area contributed by atoms with Gasteiger partial charge in [0, 0.05) is 0 Å². The zero-order valence-corrected chi connectivity index (χ0v) is 12.2. The number of rotatable bonds is 7. The molecule has 0 aliphatic heterocycles. The lowest BCUT2D eigenvalue weighted by Gasteiger charge is -2.14. The van der Waals surface area contributed by atoms with Gasteiger partial charge in [0.2, 0.25) is 0 Å². The van der Waals surface area contributed by atoms with Gasteiger partial charge in [0.05, 0.1) is 36.4 Å². The van der Waals surface area contributed by atoms with Crippen LogP contribution in [0.15, 0.2) is 24.3 Å². The summed E-state index contributed by atoms with van der Waals surface area (Å²) in [5, 5.41) is 7.59. The van der Waals surface area contributed by atoms with Crippen molar-refractivity contribution >= 4 is 9.84 Å². The molecule has 0 saturated carbocycles. The first-order chi connectivity index (χ1) is 9.68. The maximum Gasteiger partial charge on any atom is 0.416 e. The first-order valence-electron chi connectivity index (χ1n) is 6.26. The van der Waals surface area contributed by atoms with Gasteiger partial charge in [-0.2, -0.15) is 13.2 Å². The molecule has 8 heteroatoms. The van der Waals surface area contributed by atoms with Crippen molar-refractivity contribution in [3.63, 3.8) is 0 Å². The van der Waals surface area contributed by atoms with Crippen LogP contribution in [0.4, 0.5) is 13.2 Å². The first kappa shape index (κ1) is 17.9. The summed E-state index contributed by atoms with van der Waals surface area (Å²) < 4.78 is 66.2. The van der Waals surface area contributed by atoms with Crippen LogP contribution in [-0.2, 0) is 20.8 Å². The number of hydrogen-bond acceptors (Lipinski definition) is 4. The molecule has 0 aliphatic carbocycles. The minimum absolute atomic E-state index is 0.0458. The average molecular weight is 326 g/mol. The molecule has 0 radical (unpaired) electrons. The fraction of sp³-hybridized carbons (Fsp3) is 0.538. The minimum atomic E-state index is -4.45. The molecule has 0 heterocycles. The summed E-state index contributed by atoms with van der Waals surface area (Å²) in [4.78, 5) is 0. The van der Waals surface area contributed by atoms with Gasteiger partial charge in [-0.3, -0.25) is 0 Å². The molecule has 120 valence electrons. The van der Waals surface area contributed by atoms with Gasteiger partial charge in [0.25, 0.3) is 0 Å². The van der Waals surface area contributed by atoms with Crippen LogP contribution in [-0.4, -0.2) is 39.1 Å². The summed E-state index contributed by atoms with van der Waals surface area (Å²) in [7, 11) is -3.53. The second-order valence-corrected chi connectivity index (χ2v) is 6.91. The zero-order chi connectivity index (χ0) is 16.1. The van der Waals surface area contributed by atoms with Crippen molar-refractivity contribution in [2.24, 2.45) is 0 Å². The molecule has 21 heavy (non-hydrogen) atoms. The van der Waals surface area contributed by atoms with Gasteiger partial charge in [-0.15, -0.1) is 0 Å². The Morgan fingerprint density at radius 2 is 1.76 bits per heavy atom. The molecule has 1 N–H and O–H groups in total. The van der Waals surface area contributed by atoms with Crippen molar-refractivity contribution < 1.29 is 31.4 Å². The lowest BCUT2D eigenvalue weighted by molar-refractivity contribution is -0.137. The fourth-order valence-electron chi connectivity index (χ4n) is 1.67.